The van der Waals surface area contributed by atoms with Gasteiger partial charge in [-0.3, -0.25) is 9.10 Å². The van der Waals surface area contributed by atoms with E-state index in [9.17, 15) is 13.2 Å². The topological polar surface area (TPSA) is 84.3 Å². The molecule has 1 aliphatic rings. The third-order valence-electron chi connectivity index (χ3n) is 5.78. The molecule has 1 aromatic heterocycles. The highest BCUT2D eigenvalue weighted by Gasteiger charge is 2.26. The van der Waals surface area contributed by atoms with Crippen LogP contribution in [-0.4, -0.2) is 36.7 Å². The smallest absolute Gasteiger partial charge is 0.255 e. The Bertz CT molecular complexity index is 1460. The molecule has 8 heteroatoms. The number of carbonyl (C=O) groups excluding carboxylic acids is 1. The van der Waals surface area contributed by atoms with Gasteiger partial charge < -0.3 is 9.88 Å². The molecule has 162 valence electrons. The van der Waals surface area contributed by atoms with Crippen LogP contribution < -0.4 is 9.62 Å². The number of hydrogen-bond donors (Lipinski definition) is 1. The molecule has 0 saturated heterocycles. The molecule has 3 aromatic carbocycles. The molecule has 1 amide bonds. The average molecular weight is 447 g/mol. The van der Waals surface area contributed by atoms with E-state index in [0.29, 0.717) is 29.9 Å². The van der Waals surface area contributed by atoms with Gasteiger partial charge in [-0.2, -0.15) is 0 Å². The first-order valence-electron chi connectivity index (χ1n) is 10.3. The molecule has 0 bridgehead atoms. The van der Waals surface area contributed by atoms with Crippen LogP contribution in [0.3, 0.4) is 0 Å². The van der Waals surface area contributed by atoms with Gasteiger partial charge in [-0.25, -0.2) is 13.4 Å². The second-order valence-electron chi connectivity index (χ2n) is 7.94. The molecule has 32 heavy (non-hydrogen) atoms. The van der Waals surface area contributed by atoms with Crippen molar-refractivity contribution in [3.05, 3.63) is 77.9 Å². The van der Waals surface area contributed by atoms with Crippen molar-refractivity contribution < 1.29 is 13.2 Å². The van der Waals surface area contributed by atoms with Gasteiger partial charge in [0.15, 0.2) is 0 Å². The number of aryl methyl sites for hydroxylation is 1. The van der Waals surface area contributed by atoms with E-state index >= 15 is 0 Å². The number of aromatic nitrogens is 2. The highest BCUT2D eigenvalue weighted by atomic mass is 32.2. The lowest BCUT2D eigenvalue weighted by molar-refractivity contribution is 0.102. The molecule has 0 fully saturated rings. The summed E-state index contributed by atoms with van der Waals surface area (Å²) in [5.74, 6) is 0.624. The third-order valence-corrected chi connectivity index (χ3v) is 6.96. The Morgan fingerprint density at radius 2 is 1.78 bits per heavy atom. The molecule has 1 aliphatic heterocycles. The number of amides is 1. The van der Waals surface area contributed by atoms with Crippen LogP contribution in [-0.2, 0) is 23.5 Å². The summed E-state index contributed by atoms with van der Waals surface area (Å²) in [7, 11) is -1.33. The lowest BCUT2D eigenvalue weighted by Crippen LogP contribution is -2.27. The number of benzene rings is 3. The van der Waals surface area contributed by atoms with Crippen LogP contribution >= 0.6 is 0 Å². The number of nitrogens with zero attached hydrogens (tertiary/aromatic N) is 3. The Morgan fingerprint density at radius 1 is 1.03 bits per heavy atom. The zero-order valence-electron chi connectivity index (χ0n) is 17.7. The summed E-state index contributed by atoms with van der Waals surface area (Å²) in [5.41, 5.74) is 5.64. The Morgan fingerprint density at radius 3 is 2.50 bits per heavy atom. The molecular weight excluding hydrogens is 424 g/mol. The first-order chi connectivity index (χ1) is 15.3. The molecule has 0 aliphatic carbocycles. The Hall–Kier alpha value is -3.65. The zero-order chi connectivity index (χ0) is 22.5. The van der Waals surface area contributed by atoms with Gasteiger partial charge in [0.2, 0.25) is 10.0 Å². The summed E-state index contributed by atoms with van der Waals surface area (Å²) in [4.78, 5) is 17.5. The first kappa shape index (κ1) is 20.3. The minimum atomic E-state index is -3.31. The van der Waals surface area contributed by atoms with Crippen LogP contribution in [0.2, 0.25) is 0 Å². The molecule has 4 aromatic rings. The number of para-hydroxylation sites is 2. The van der Waals surface area contributed by atoms with E-state index < -0.39 is 10.0 Å². The largest absolute Gasteiger partial charge is 0.327 e. The fourth-order valence-electron chi connectivity index (χ4n) is 4.17. The number of carbonyl (C=O) groups is 1. The monoisotopic (exact) mass is 446 g/mol. The number of fused-ring (bicyclic) bond motifs is 2. The van der Waals surface area contributed by atoms with Gasteiger partial charge >= 0.3 is 0 Å². The summed E-state index contributed by atoms with van der Waals surface area (Å²) in [6.07, 6.45) is 1.79. The molecule has 0 unspecified atom stereocenters. The van der Waals surface area contributed by atoms with E-state index in [0.717, 1.165) is 28.0 Å². The van der Waals surface area contributed by atoms with Crippen molar-refractivity contribution in [3.63, 3.8) is 0 Å². The summed E-state index contributed by atoms with van der Waals surface area (Å²) in [5, 5.41) is 2.91. The van der Waals surface area contributed by atoms with Crippen LogP contribution in [0.5, 0.6) is 0 Å². The number of anilines is 2. The first-order valence-corrected chi connectivity index (χ1v) is 12.1. The molecule has 0 atom stereocenters. The van der Waals surface area contributed by atoms with Crippen LogP contribution in [0.15, 0.2) is 66.7 Å². The lowest BCUT2D eigenvalue weighted by Gasteiger charge is -2.16. The van der Waals surface area contributed by atoms with E-state index in [2.05, 4.69) is 5.32 Å². The number of rotatable bonds is 4. The Kier molecular flexibility index (Phi) is 4.74. The SMILES string of the molecule is Cn1c(-c2ccc(NC(=O)c3ccc4c(c3)CCN4S(C)(=O)=O)cc2)nc2ccccc21. The number of nitrogens with one attached hydrogen (secondary N) is 1. The van der Waals surface area contributed by atoms with Crippen LogP contribution in [0.4, 0.5) is 11.4 Å². The predicted molar refractivity (Wildman–Crippen MR) is 126 cm³/mol. The quantitative estimate of drug-likeness (QED) is 0.517. The molecule has 0 saturated carbocycles. The number of sulfonamides is 1. The average Bonchev–Trinajstić information content (AvgIpc) is 3.35. The minimum Gasteiger partial charge on any atom is -0.327 e. The molecule has 2 heterocycles. The van der Waals surface area contributed by atoms with E-state index in [1.807, 2.05) is 60.1 Å². The summed E-state index contributed by atoms with van der Waals surface area (Å²) < 4.78 is 27.2. The zero-order valence-corrected chi connectivity index (χ0v) is 18.6. The normalized spacial score (nSPS) is 13.4. The van der Waals surface area contributed by atoms with Gasteiger partial charge in [0, 0.05) is 30.4 Å². The molecule has 7 nitrogen and oxygen atoms in total. The highest BCUT2D eigenvalue weighted by Crippen LogP contribution is 2.31. The molecular formula is C24H22N4O3S. The summed E-state index contributed by atoms with van der Waals surface area (Å²) in [6, 6.07) is 20.7. The molecule has 1 N–H and O–H groups in total. The maximum absolute atomic E-state index is 12.8. The number of hydrogen-bond acceptors (Lipinski definition) is 4. The second-order valence-corrected chi connectivity index (χ2v) is 9.85. The molecule has 5 rings (SSSR count). The fraction of sp³-hybridized carbons (Fsp3) is 0.167. The van der Waals surface area contributed by atoms with Crippen molar-refractivity contribution in [1.82, 2.24) is 9.55 Å². The predicted octanol–water partition coefficient (Wildman–Crippen LogP) is 3.81. The summed E-state index contributed by atoms with van der Waals surface area (Å²) in [6.45, 7) is 0.406. The third kappa shape index (κ3) is 3.52. The molecule has 0 radical (unpaired) electrons. The van der Waals surface area contributed by atoms with Crippen molar-refractivity contribution >= 4 is 38.3 Å². The van der Waals surface area contributed by atoms with E-state index in [1.54, 1.807) is 18.2 Å². The second kappa shape index (κ2) is 7.49. The number of imidazole rings is 1. The van der Waals surface area contributed by atoms with Gasteiger partial charge in [0.1, 0.15) is 5.82 Å². The van der Waals surface area contributed by atoms with Crippen molar-refractivity contribution in [2.75, 3.05) is 22.4 Å². The van der Waals surface area contributed by atoms with Crippen molar-refractivity contribution in [3.8, 4) is 11.4 Å². The van der Waals surface area contributed by atoms with Gasteiger partial charge in [-0.15, -0.1) is 0 Å². The van der Waals surface area contributed by atoms with Crippen LogP contribution in [0, 0.1) is 0 Å². The van der Waals surface area contributed by atoms with E-state index in [1.165, 1.54) is 10.6 Å². The van der Waals surface area contributed by atoms with Crippen LogP contribution in [0.1, 0.15) is 15.9 Å². The van der Waals surface area contributed by atoms with E-state index in [4.69, 9.17) is 4.98 Å². The van der Waals surface area contributed by atoms with Gasteiger partial charge in [0.05, 0.1) is 23.0 Å². The van der Waals surface area contributed by atoms with Gasteiger partial charge in [-0.05, 0) is 66.6 Å². The lowest BCUT2D eigenvalue weighted by atomic mass is 10.1. The van der Waals surface area contributed by atoms with E-state index in [-0.39, 0.29) is 5.91 Å². The Balaban J connectivity index is 1.35. The Labute approximate surface area is 186 Å². The highest BCUT2D eigenvalue weighted by molar-refractivity contribution is 7.92. The van der Waals surface area contributed by atoms with Crippen molar-refractivity contribution in [2.45, 2.75) is 6.42 Å². The standard InChI is InChI=1S/C24H22N4O3S/c1-27-22-6-4-3-5-20(22)26-23(27)16-7-10-19(11-8-16)25-24(29)18-9-12-21-17(15-18)13-14-28(21)32(2,30)31/h3-12,15H,13-14H2,1-2H3,(H,25,29). The fourth-order valence-corrected chi connectivity index (χ4v) is 5.13. The summed E-state index contributed by atoms with van der Waals surface area (Å²) >= 11 is 0. The maximum Gasteiger partial charge on any atom is 0.255 e. The molecule has 0 spiro atoms. The van der Waals surface area contributed by atoms with Crippen molar-refractivity contribution in [1.29, 1.82) is 0 Å². The van der Waals surface area contributed by atoms with Crippen LogP contribution in [0.25, 0.3) is 22.4 Å². The minimum absolute atomic E-state index is 0.235. The maximum atomic E-state index is 12.8. The van der Waals surface area contributed by atoms with Gasteiger partial charge in [-0.1, -0.05) is 12.1 Å². The van der Waals surface area contributed by atoms with Crippen molar-refractivity contribution in [2.24, 2.45) is 7.05 Å². The van der Waals surface area contributed by atoms with Gasteiger partial charge in [0.25, 0.3) is 5.91 Å².